The topological polar surface area (TPSA) is 0 Å². The molecule has 1 aliphatic rings. The normalized spacial score (nSPS) is 12.8. The Morgan fingerprint density at radius 2 is 0.860 bits per heavy atom. The molecule has 0 bridgehead atoms. The molecule has 0 saturated heterocycles. The first-order valence-electron chi connectivity index (χ1n) is 17.4. The van der Waals surface area contributed by atoms with Gasteiger partial charge in [-0.2, -0.15) is 6.08 Å². The quantitative estimate of drug-likeness (QED) is 0.132. The van der Waals surface area contributed by atoms with E-state index in [9.17, 15) is 0 Å². The van der Waals surface area contributed by atoms with E-state index in [1.165, 1.54) is 58.2 Å². The Hall–Kier alpha value is -2.45. The molecule has 0 nitrogen and oxygen atoms in total. The van der Waals surface area contributed by atoms with Crippen molar-refractivity contribution in [2.24, 2.45) is 0 Å². The van der Waals surface area contributed by atoms with E-state index >= 15 is 0 Å². The molecular weight excluding hydrogens is 814 g/mol. The molecule has 0 radical (unpaired) electrons. The van der Waals surface area contributed by atoms with E-state index < -0.39 is 0 Å². The molecule has 0 amide bonds. The van der Waals surface area contributed by atoms with Gasteiger partial charge in [-0.1, -0.05) is 76.9 Å². The fraction of sp³-hybridized carbons (Fsp3) is 0.362. The van der Waals surface area contributed by atoms with Crippen molar-refractivity contribution in [2.45, 2.75) is 111 Å². The van der Waals surface area contributed by atoms with Gasteiger partial charge >= 0.3 is 150 Å². The van der Waals surface area contributed by atoms with Crippen LogP contribution in [0.1, 0.15) is 123 Å². The minimum absolute atomic E-state index is 0. The molecule has 0 aliphatic heterocycles. The van der Waals surface area contributed by atoms with E-state index in [0.29, 0.717) is 0 Å². The third kappa shape index (κ3) is 11.5. The van der Waals surface area contributed by atoms with Crippen LogP contribution in [0.5, 0.6) is 0 Å². The van der Waals surface area contributed by atoms with Crippen LogP contribution in [0.25, 0.3) is 21.5 Å². The summed E-state index contributed by atoms with van der Waals surface area (Å²) >= 11 is 1.06. The van der Waals surface area contributed by atoms with Crippen LogP contribution in [-0.2, 0) is 45.6 Å². The van der Waals surface area contributed by atoms with E-state index in [2.05, 4.69) is 186 Å². The van der Waals surface area contributed by atoms with Gasteiger partial charge in [-0.05, 0) is 10.8 Å². The first kappa shape index (κ1) is 43.7. The molecule has 0 atom stereocenters. The van der Waals surface area contributed by atoms with Gasteiger partial charge in [0.25, 0.3) is 0 Å². The maximum atomic E-state index is 2.99. The first-order valence-corrected chi connectivity index (χ1v) is 19.2. The maximum Gasteiger partial charge on any atom is -0.0145 e. The second-order valence-corrected chi connectivity index (χ2v) is 19.1. The molecule has 5 aromatic carbocycles. The number of allylic oxidation sites excluding steroid dienone is 4. The van der Waals surface area contributed by atoms with Crippen molar-refractivity contribution in [3.63, 3.8) is 0 Å². The summed E-state index contributed by atoms with van der Waals surface area (Å²) in [5.41, 5.74) is 9.16. The fourth-order valence-corrected chi connectivity index (χ4v) is 6.91. The van der Waals surface area contributed by atoms with E-state index in [-0.39, 0.29) is 46.5 Å². The van der Waals surface area contributed by atoms with Crippen LogP contribution in [0, 0.1) is 6.08 Å². The predicted octanol–water partition coefficient (Wildman–Crippen LogP) is 7.02. The molecule has 0 heterocycles. The summed E-state index contributed by atoms with van der Waals surface area (Å²) in [6.07, 6.45) is 10.0. The van der Waals surface area contributed by atoms with Crippen LogP contribution < -0.4 is 24.8 Å². The molecule has 5 aromatic rings. The average Bonchev–Trinajstić information content (AvgIpc) is 3.71. The second kappa shape index (κ2) is 17.4. The average molecular weight is 870 g/mol. The molecule has 1 aliphatic carbocycles. The Balaban J connectivity index is 0.000000293. The maximum absolute atomic E-state index is 2.99. The smallest absolute Gasteiger partial charge is 0.0145 e. The second-order valence-electron chi connectivity index (χ2n) is 17.3. The van der Waals surface area contributed by atoms with E-state index in [4.69, 9.17) is 0 Å². The van der Waals surface area contributed by atoms with Gasteiger partial charge < -0.3 is 24.8 Å². The van der Waals surface area contributed by atoms with Gasteiger partial charge in [0.1, 0.15) is 0 Å². The van der Waals surface area contributed by atoms with Crippen LogP contribution >= 0.6 is 0 Å². The number of hydrogen-bond acceptors (Lipinski definition) is 0. The number of fused-ring (bicyclic) bond motifs is 3. The minimum Gasteiger partial charge on any atom is -1.00 e. The van der Waals surface area contributed by atoms with Gasteiger partial charge in [0.05, 0.1) is 0 Å². The molecule has 0 fully saturated rings. The molecule has 0 N–H and O–H groups in total. The zero-order valence-corrected chi connectivity index (χ0v) is 37.5. The van der Waals surface area contributed by atoms with Crippen molar-refractivity contribution in [3.05, 3.63) is 149 Å². The Kier molecular flexibility index (Phi) is 15.2. The standard InChI is InChI=1S/C21H25.C21H26.C5H5.2ClH.Hf/c1-20(2,3)16-9-7-14-11-15-8-10-17(21(4,5)6)13-19(15)18(14)12-16;1-20(2,3)18-11-7-16(8-12-18)15-17-9-13-19(14-10-17)21(4,5)6;1-2-4-5-3-1;;;/h7-13H,1-6H3;7-14H,1-6H3;1-3H,4H2;2*1H;/q-1;;-1;;;+2/p-2. The molecule has 0 aromatic heterocycles. The Morgan fingerprint density at radius 1 is 0.520 bits per heavy atom. The van der Waals surface area contributed by atoms with Crippen LogP contribution in [0.2, 0.25) is 0 Å². The summed E-state index contributed by atoms with van der Waals surface area (Å²) in [6, 6.07) is 34.4. The van der Waals surface area contributed by atoms with Crippen LogP contribution in [0.4, 0.5) is 0 Å². The van der Waals surface area contributed by atoms with Crippen molar-refractivity contribution >= 4 is 24.8 Å². The number of hydrogen-bond donors (Lipinski definition) is 0. The molecule has 0 saturated carbocycles. The van der Waals surface area contributed by atoms with Crippen LogP contribution in [0.3, 0.4) is 0 Å². The minimum atomic E-state index is 0. The van der Waals surface area contributed by atoms with Gasteiger partial charge in [0.2, 0.25) is 0 Å². The molecule has 264 valence electrons. The van der Waals surface area contributed by atoms with Crippen LogP contribution in [-0.4, -0.2) is 3.26 Å². The Morgan fingerprint density at radius 3 is 1.12 bits per heavy atom. The van der Waals surface area contributed by atoms with Crippen LogP contribution in [0.15, 0.2) is 109 Å². The van der Waals surface area contributed by atoms with Crippen molar-refractivity contribution in [1.82, 2.24) is 0 Å². The monoisotopic (exact) mass is 870 g/mol. The number of benzene rings is 4. The van der Waals surface area contributed by atoms with Crippen molar-refractivity contribution in [3.8, 4) is 0 Å². The summed E-state index contributed by atoms with van der Waals surface area (Å²) in [6.45, 7) is 27.2. The first-order chi connectivity index (χ1) is 22.2. The van der Waals surface area contributed by atoms with Gasteiger partial charge in [0, 0.05) is 0 Å². The van der Waals surface area contributed by atoms with Crippen molar-refractivity contribution < 1.29 is 48.7 Å². The molecule has 0 spiro atoms. The summed E-state index contributed by atoms with van der Waals surface area (Å²) < 4.78 is 1.47. The van der Waals surface area contributed by atoms with E-state index in [1.54, 1.807) is 0 Å². The van der Waals surface area contributed by atoms with Gasteiger partial charge in [0.15, 0.2) is 0 Å². The van der Waals surface area contributed by atoms with E-state index in [0.717, 1.165) is 30.3 Å². The zero-order valence-electron chi connectivity index (χ0n) is 32.4. The van der Waals surface area contributed by atoms with Crippen molar-refractivity contribution in [2.75, 3.05) is 0 Å². The summed E-state index contributed by atoms with van der Waals surface area (Å²) in [7, 11) is 0. The number of rotatable bonds is 2. The molecular formula is C47H56Cl2Hf-2. The third-order valence-electron chi connectivity index (χ3n) is 9.10. The summed E-state index contributed by atoms with van der Waals surface area (Å²) in [5.74, 6) is 0. The molecule has 0 unspecified atom stereocenters. The van der Waals surface area contributed by atoms with Gasteiger partial charge in [-0.3, -0.25) is 6.08 Å². The predicted molar refractivity (Wildman–Crippen MR) is 210 cm³/mol. The SMILES string of the molecule is CC(C)(C)c1ccc([C](=[Hf+2])c2ccc(C(C)(C)C)cc2)cc1.CC(C)(C)c1ccc2[cH-]c3ccc(C(C)(C)C)cc3c2c1.[C-]1=CC=CC1.[Cl-].[Cl-]. The largest absolute Gasteiger partial charge is 1.00 e. The van der Waals surface area contributed by atoms with E-state index in [1.807, 2.05) is 12.2 Å². The summed E-state index contributed by atoms with van der Waals surface area (Å²) in [5, 5.41) is 5.49. The summed E-state index contributed by atoms with van der Waals surface area (Å²) in [4.78, 5) is 0. The zero-order chi connectivity index (χ0) is 35.5. The van der Waals surface area contributed by atoms with Gasteiger partial charge in [-0.25, -0.2) is 12.2 Å². The van der Waals surface area contributed by atoms with Gasteiger partial charge in [-0.15, -0.1) is 46.2 Å². The molecule has 3 heteroatoms. The number of halogens is 2. The molecule has 50 heavy (non-hydrogen) atoms. The Labute approximate surface area is 331 Å². The Bertz CT molecular complexity index is 1770. The van der Waals surface area contributed by atoms with Crippen molar-refractivity contribution in [1.29, 1.82) is 0 Å². The molecule has 6 rings (SSSR count). The third-order valence-corrected chi connectivity index (χ3v) is 11.2. The fourth-order valence-electron chi connectivity index (χ4n) is 5.71.